The van der Waals surface area contributed by atoms with Crippen molar-refractivity contribution >= 4 is 0 Å². The molecule has 0 radical (unpaired) electrons. The van der Waals surface area contributed by atoms with Gasteiger partial charge in [-0.15, -0.1) is 0 Å². The number of rotatable bonds is 1. The first-order valence-corrected chi connectivity index (χ1v) is 5.71. The summed E-state index contributed by atoms with van der Waals surface area (Å²) >= 11 is 0. The van der Waals surface area contributed by atoms with Crippen molar-refractivity contribution in [2.24, 2.45) is 5.73 Å². The normalized spacial score (nSPS) is 19.0. The Morgan fingerprint density at radius 3 is 2.82 bits per heavy atom. The zero-order valence-corrected chi connectivity index (χ0v) is 9.37. The van der Waals surface area contributed by atoms with E-state index in [0.717, 1.165) is 30.8 Å². The molecule has 2 heterocycles. The van der Waals surface area contributed by atoms with E-state index in [1.54, 1.807) is 12.1 Å². The third kappa shape index (κ3) is 1.89. The molecule has 1 atom stereocenters. The molecule has 1 aliphatic rings. The lowest BCUT2D eigenvalue weighted by molar-refractivity contribution is 0.422. The van der Waals surface area contributed by atoms with Crippen molar-refractivity contribution in [3.63, 3.8) is 0 Å². The first-order valence-electron chi connectivity index (χ1n) is 5.71. The van der Waals surface area contributed by atoms with Crippen LogP contribution in [0.25, 0.3) is 11.4 Å². The molecular formula is C12H14N4O. The van der Waals surface area contributed by atoms with Crippen LogP contribution in [0.1, 0.15) is 12.2 Å². The first-order chi connectivity index (χ1) is 8.22. The Kier molecular flexibility index (Phi) is 2.33. The van der Waals surface area contributed by atoms with Crippen LogP contribution in [0.15, 0.2) is 24.3 Å². The number of benzene rings is 1. The van der Waals surface area contributed by atoms with E-state index in [1.165, 1.54) is 0 Å². The maximum atomic E-state index is 9.24. The van der Waals surface area contributed by atoms with Crippen LogP contribution >= 0.6 is 0 Å². The highest BCUT2D eigenvalue weighted by Gasteiger charge is 2.19. The summed E-state index contributed by atoms with van der Waals surface area (Å²) in [6.45, 7) is 0.737. The van der Waals surface area contributed by atoms with Crippen LogP contribution in [0.5, 0.6) is 5.75 Å². The molecular weight excluding hydrogens is 216 g/mol. The largest absolute Gasteiger partial charge is 0.508 e. The second-order valence-corrected chi connectivity index (χ2v) is 4.38. The number of phenols is 1. The van der Waals surface area contributed by atoms with E-state index in [1.807, 2.05) is 16.8 Å². The molecule has 0 saturated carbocycles. The second-order valence-electron chi connectivity index (χ2n) is 4.38. The van der Waals surface area contributed by atoms with Gasteiger partial charge in [0, 0.05) is 18.0 Å². The Hall–Kier alpha value is -1.88. The summed E-state index contributed by atoms with van der Waals surface area (Å²) < 4.78 is 1.89. The molecule has 88 valence electrons. The second kappa shape index (κ2) is 3.85. The van der Waals surface area contributed by atoms with Crippen LogP contribution in [-0.4, -0.2) is 25.9 Å². The van der Waals surface area contributed by atoms with Gasteiger partial charge in [-0.05, 0) is 30.7 Å². The highest BCUT2D eigenvalue weighted by atomic mass is 16.3. The molecule has 3 N–H and O–H groups in total. The van der Waals surface area contributed by atoms with E-state index < -0.39 is 0 Å². The van der Waals surface area contributed by atoms with Gasteiger partial charge in [0.25, 0.3) is 0 Å². The van der Waals surface area contributed by atoms with Crippen LogP contribution in [0.4, 0.5) is 0 Å². The van der Waals surface area contributed by atoms with Crippen molar-refractivity contribution in [1.82, 2.24) is 14.8 Å². The van der Waals surface area contributed by atoms with Crippen molar-refractivity contribution in [3.8, 4) is 17.1 Å². The molecule has 1 aromatic carbocycles. The molecule has 0 bridgehead atoms. The zero-order valence-electron chi connectivity index (χ0n) is 9.37. The fourth-order valence-corrected chi connectivity index (χ4v) is 2.07. The molecule has 1 aliphatic heterocycles. The predicted octanol–water partition coefficient (Wildman–Crippen LogP) is 0.924. The van der Waals surface area contributed by atoms with E-state index >= 15 is 0 Å². The third-order valence-electron chi connectivity index (χ3n) is 3.02. The zero-order chi connectivity index (χ0) is 11.8. The quantitative estimate of drug-likeness (QED) is 0.763. The molecule has 0 saturated heterocycles. The molecule has 0 fully saturated rings. The predicted molar refractivity (Wildman–Crippen MR) is 63.4 cm³/mol. The lowest BCUT2D eigenvalue weighted by Gasteiger charge is -2.17. The van der Waals surface area contributed by atoms with Crippen LogP contribution < -0.4 is 5.73 Å². The van der Waals surface area contributed by atoms with E-state index in [9.17, 15) is 5.11 Å². The average Bonchev–Trinajstić information content (AvgIpc) is 2.72. The molecule has 1 aromatic heterocycles. The van der Waals surface area contributed by atoms with Gasteiger partial charge < -0.3 is 10.8 Å². The van der Waals surface area contributed by atoms with Gasteiger partial charge in [-0.2, -0.15) is 5.10 Å². The molecule has 3 rings (SSSR count). The number of nitrogens with zero attached hydrogens (tertiary/aromatic N) is 3. The smallest absolute Gasteiger partial charge is 0.181 e. The van der Waals surface area contributed by atoms with Gasteiger partial charge in [0.1, 0.15) is 11.6 Å². The maximum Gasteiger partial charge on any atom is 0.181 e. The van der Waals surface area contributed by atoms with Crippen LogP contribution in [0.3, 0.4) is 0 Å². The molecule has 2 aromatic rings. The van der Waals surface area contributed by atoms with Gasteiger partial charge in [-0.25, -0.2) is 9.67 Å². The van der Waals surface area contributed by atoms with E-state index in [-0.39, 0.29) is 11.8 Å². The highest BCUT2D eigenvalue weighted by molar-refractivity contribution is 5.55. The number of hydrogen-bond donors (Lipinski definition) is 2. The first kappa shape index (κ1) is 10.3. The Morgan fingerprint density at radius 2 is 2.06 bits per heavy atom. The van der Waals surface area contributed by atoms with Crippen LogP contribution in [0.2, 0.25) is 0 Å². The number of phenolic OH excluding ortho intramolecular Hbond substituents is 1. The van der Waals surface area contributed by atoms with Crippen LogP contribution in [0, 0.1) is 0 Å². The highest BCUT2D eigenvalue weighted by Crippen LogP contribution is 2.21. The lowest BCUT2D eigenvalue weighted by atomic mass is 10.1. The lowest BCUT2D eigenvalue weighted by Crippen LogP contribution is -2.32. The minimum absolute atomic E-state index is 0.178. The minimum atomic E-state index is 0.178. The van der Waals surface area contributed by atoms with Crippen LogP contribution in [-0.2, 0) is 13.0 Å². The molecule has 5 heteroatoms. The summed E-state index contributed by atoms with van der Waals surface area (Å²) in [7, 11) is 0. The van der Waals surface area contributed by atoms with Gasteiger partial charge in [0.05, 0.1) is 6.54 Å². The number of fused-ring (bicyclic) bond motifs is 1. The van der Waals surface area contributed by atoms with E-state index in [0.29, 0.717) is 5.82 Å². The van der Waals surface area contributed by atoms with Gasteiger partial charge in [0.15, 0.2) is 5.82 Å². The molecule has 0 amide bonds. The number of hydrogen-bond acceptors (Lipinski definition) is 4. The Balaban J connectivity index is 1.97. The number of aromatic hydroxyl groups is 1. The Bertz CT molecular complexity index is 532. The van der Waals surface area contributed by atoms with Crippen molar-refractivity contribution in [2.45, 2.75) is 25.4 Å². The molecule has 0 aliphatic carbocycles. The van der Waals surface area contributed by atoms with Crippen molar-refractivity contribution in [3.05, 3.63) is 30.1 Å². The van der Waals surface area contributed by atoms with E-state index in [4.69, 9.17) is 5.73 Å². The Morgan fingerprint density at radius 1 is 1.29 bits per heavy atom. The summed E-state index contributed by atoms with van der Waals surface area (Å²) in [5, 5.41) is 13.7. The van der Waals surface area contributed by atoms with Gasteiger partial charge in [0.2, 0.25) is 0 Å². The minimum Gasteiger partial charge on any atom is -0.508 e. The fraction of sp³-hybridized carbons (Fsp3) is 0.333. The summed E-state index contributed by atoms with van der Waals surface area (Å²) in [5.74, 6) is 1.95. The number of aryl methyl sites for hydroxylation is 1. The summed E-state index contributed by atoms with van der Waals surface area (Å²) in [4.78, 5) is 4.50. The van der Waals surface area contributed by atoms with E-state index in [2.05, 4.69) is 10.1 Å². The summed E-state index contributed by atoms with van der Waals surface area (Å²) in [6, 6.07) is 7.09. The topological polar surface area (TPSA) is 77.0 Å². The van der Waals surface area contributed by atoms with Crippen molar-refractivity contribution < 1.29 is 5.11 Å². The monoisotopic (exact) mass is 230 g/mol. The van der Waals surface area contributed by atoms with Crippen molar-refractivity contribution in [2.75, 3.05) is 0 Å². The molecule has 5 nitrogen and oxygen atoms in total. The van der Waals surface area contributed by atoms with Gasteiger partial charge >= 0.3 is 0 Å². The molecule has 0 spiro atoms. The van der Waals surface area contributed by atoms with Crippen molar-refractivity contribution in [1.29, 1.82) is 0 Å². The standard InChI is InChI=1S/C12H14N4O/c13-9-3-6-11-14-12(15-16(11)7-9)8-1-4-10(17)5-2-8/h1-2,4-5,9,17H,3,6-7,13H2. The SMILES string of the molecule is NC1CCc2nc(-c3ccc(O)cc3)nn2C1. The van der Waals surface area contributed by atoms with Gasteiger partial charge in [-0.3, -0.25) is 0 Å². The number of nitrogens with two attached hydrogens (primary N) is 1. The third-order valence-corrected chi connectivity index (χ3v) is 3.02. The maximum absolute atomic E-state index is 9.24. The summed E-state index contributed by atoms with van der Waals surface area (Å²) in [6.07, 6.45) is 1.85. The summed E-state index contributed by atoms with van der Waals surface area (Å²) in [5.41, 5.74) is 6.81. The fourth-order valence-electron chi connectivity index (χ4n) is 2.07. The van der Waals surface area contributed by atoms with Gasteiger partial charge in [-0.1, -0.05) is 0 Å². The average molecular weight is 230 g/mol. The molecule has 1 unspecified atom stereocenters. The number of aromatic nitrogens is 3. The molecule has 17 heavy (non-hydrogen) atoms. The Labute approximate surface area is 98.9 Å².